The highest BCUT2D eigenvalue weighted by Crippen LogP contribution is 2.45. The van der Waals surface area contributed by atoms with Crippen molar-refractivity contribution in [2.45, 2.75) is 44.4 Å². The summed E-state index contributed by atoms with van der Waals surface area (Å²) in [6, 6.07) is 15.1. The van der Waals surface area contributed by atoms with Gasteiger partial charge in [0.2, 0.25) is 6.79 Å². The molecule has 2 fully saturated rings. The standard InChI is InChI=1S/C25H31NO3/c1-19-5-7-21(8-6-19)25(11-3-12-25)17-26-13-2-4-20(15-26)16-27-22-9-10-23-24(14-22)29-18-28-23/h5-10,14,20H,2-4,11-13,15-18H2,1H3. The second kappa shape index (κ2) is 7.91. The summed E-state index contributed by atoms with van der Waals surface area (Å²) in [7, 11) is 0. The molecule has 2 aliphatic heterocycles. The fourth-order valence-electron chi connectivity index (χ4n) is 5.09. The first-order valence-corrected chi connectivity index (χ1v) is 11.0. The van der Waals surface area contributed by atoms with Gasteiger partial charge in [0.25, 0.3) is 0 Å². The van der Waals surface area contributed by atoms with Gasteiger partial charge in [-0.05, 0) is 56.8 Å². The summed E-state index contributed by atoms with van der Waals surface area (Å²) in [6.07, 6.45) is 6.52. The van der Waals surface area contributed by atoms with Crippen molar-refractivity contribution in [3.05, 3.63) is 53.6 Å². The third-order valence-corrected chi connectivity index (χ3v) is 6.93. The van der Waals surface area contributed by atoms with E-state index in [0.717, 1.165) is 30.4 Å². The molecule has 1 saturated carbocycles. The van der Waals surface area contributed by atoms with Crippen molar-refractivity contribution in [3.63, 3.8) is 0 Å². The van der Waals surface area contributed by atoms with Gasteiger partial charge in [-0.1, -0.05) is 36.2 Å². The van der Waals surface area contributed by atoms with Gasteiger partial charge in [0.05, 0.1) is 6.61 Å². The molecule has 3 aliphatic rings. The van der Waals surface area contributed by atoms with Crippen LogP contribution in [0.3, 0.4) is 0 Å². The average Bonchev–Trinajstić information content (AvgIpc) is 3.18. The molecular weight excluding hydrogens is 362 g/mol. The predicted molar refractivity (Wildman–Crippen MR) is 114 cm³/mol. The first-order valence-electron chi connectivity index (χ1n) is 11.0. The minimum Gasteiger partial charge on any atom is -0.493 e. The van der Waals surface area contributed by atoms with Crippen LogP contribution in [0.5, 0.6) is 17.2 Å². The molecule has 2 aromatic rings. The topological polar surface area (TPSA) is 30.9 Å². The van der Waals surface area contributed by atoms with Crippen molar-refractivity contribution < 1.29 is 14.2 Å². The van der Waals surface area contributed by atoms with Crippen LogP contribution in [0, 0.1) is 12.8 Å². The summed E-state index contributed by atoms with van der Waals surface area (Å²) in [6.45, 7) is 6.79. The fourth-order valence-corrected chi connectivity index (χ4v) is 5.09. The molecule has 0 radical (unpaired) electrons. The first-order chi connectivity index (χ1) is 14.2. The molecule has 1 saturated heterocycles. The summed E-state index contributed by atoms with van der Waals surface area (Å²) in [5.41, 5.74) is 3.25. The van der Waals surface area contributed by atoms with Crippen molar-refractivity contribution in [1.29, 1.82) is 0 Å². The van der Waals surface area contributed by atoms with Gasteiger partial charge in [-0.15, -0.1) is 0 Å². The maximum atomic E-state index is 6.13. The lowest BCUT2D eigenvalue weighted by Gasteiger charge is -2.47. The second-order valence-corrected chi connectivity index (χ2v) is 9.07. The van der Waals surface area contributed by atoms with E-state index in [4.69, 9.17) is 14.2 Å². The molecule has 2 heterocycles. The molecule has 4 nitrogen and oxygen atoms in total. The lowest BCUT2D eigenvalue weighted by Crippen LogP contribution is -2.49. The van der Waals surface area contributed by atoms with Crippen molar-refractivity contribution >= 4 is 0 Å². The van der Waals surface area contributed by atoms with E-state index in [1.54, 1.807) is 0 Å². The van der Waals surface area contributed by atoms with E-state index in [9.17, 15) is 0 Å². The largest absolute Gasteiger partial charge is 0.493 e. The van der Waals surface area contributed by atoms with Crippen LogP contribution in [0.25, 0.3) is 0 Å². The van der Waals surface area contributed by atoms with Crippen LogP contribution in [0.4, 0.5) is 0 Å². The first kappa shape index (κ1) is 18.8. The van der Waals surface area contributed by atoms with E-state index in [0.29, 0.717) is 18.1 Å². The fraction of sp³-hybridized carbons (Fsp3) is 0.520. The molecule has 0 amide bonds. The summed E-state index contributed by atoms with van der Waals surface area (Å²) < 4.78 is 17.0. The van der Waals surface area contributed by atoms with E-state index >= 15 is 0 Å². The molecule has 1 aliphatic carbocycles. The molecule has 1 atom stereocenters. The Bertz CT molecular complexity index is 844. The van der Waals surface area contributed by atoms with Crippen LogP contribution in [-0.2, 0) is 5.41 Å². The van der Waals surface area contributed by atoms with E-state index in [2.05, 4.69) is 36.1 Å². The number of likely N-dealkylation sites (tertiary alicyclic amines) is 1. The number of ether oxygens (including phenoxy) is 3. The van der Waals surface area contributed by atoms with Crippen LogP contribution in [0.2, 0.25) is 0 Å². The van der Waals surface area contributed by atoms with Gasteiger partial charge in [0.15, 0.2) is 11.5 Å². The smallest absolute Gasteiger partial charge is 0.231 e. The van der Waals surface area contributed by atoms with E-state index in [1.165, 1.54) is 56.3 Å². The van der Waals surface area contributed by atoms with E-state index < -0.39 is 0 Å². The highest BCUT2D eigenvalue weighted by atomic mass is 16.7. The number of piperidine rings is 1. The average molecular weight is 394 g/mol. The van der Waals surface area contributed by atoms with Crippen LogP contribution >= 0.6 is 0 Å². The van der Waals surface area contributed by atoms with Gasteiger partial charge in [0, 0.05) is 30.5 Å². The highest BCUT2D eigenvalue weighted by molar-refractivity contribution is 5.46. The Labute approximate surface area is 173 Å². The Morgan fingerprint density at radius 1 is 1.03 bits per heavy atom. The van der Waals surface area contributed by atoms with Crippen LogP contribution in [0.1, 0.15) is 43.2 Å². The number of hydrogen-bond donors (Lipinski definition) is 0. The number of fused-ring (bicyclic) bond motifs is 1. The van der Waals surface area contributed by atoms with E-state index in [-0.39, 0.29) is 0 Å². The molecule has 29 heavy (non-hydrogen) atoms. The summed E-state index contributed by atoms with van der Waals surface area (Å²) in [5.74, 6) is 3.06. The van der Waals surface area contributed by atoms with Crippen LogP contribution in [-0.4, -0.2) is 37.9 Å². The Balaban J connectivity index is 1.19. The summed E-state index contributed by atoms with van der Waals surface area (Å²) >= 11 is 0. The molecule has 0 spiro atoms. The lowest BCUT2D eigenvalue weighted by atomic mass is 9.64. The second-order valence-electron chi connectivity index (χ2n) is 9.07. The monoisotopic (exact) mass is 393 g/mol. The molecule has 4 heteroatoms. The van der Waals surface area contributed by atoms with Crippen molar-refractivity contribution in [2.75, 3.05) is 33.0 Å². The van der Waals surface area contributed by atoms with Gasteiger partial charge in [-0.25, -0.2) is 0 Å². The minimum atomic E-state index is 0.305. The number of aryl methyl sites for hydroxylation is 1. The van der Waals surface area contributed by atoms with Crippen molar-refractivity contribution in [2.24, 2.45) is 5.92 Å². The molecular formula is C25H31NO3. The molecule has 5 rings (SSSR count). The van der Waals surface area contributed by atoms with Gasteiger partial charge >= 0.3 is 0 Å². The van der Waals surface area contributed by atoms with Gasteiger partial charge in [-0.3, -0.25) is 0 Å². The summed E-state index contributed by atoms with van der Waals surface area (Å²) in [4.78, 5) is 2.69. The molecule has 2 aromatic carbocycles. The zero-order valence-electron chi connectivity index (χ0n) is 17.4. The Morgan fingerprint density at radius 2 is 1.86 bits per heavy atom. The summed E-state index contributed by atoms with van der Waals surface area (Å²) in [5, 5.41) is 0. The minimum absolute atomic E-state index is 0.305. The zero-order valence-corrected chi connectivity index (χ0v) is 17.4. The molecule has 0 aromatic heterocycles. The van der Waals surface area contributed by atoms with Gasteiger partial charge in [0.1, 0.15) is 5.75 Å². The third-order valence-electron chi connectivity index (χ3n) is 6.93. The van der Waals surface area contributed by atoms with E-state index in [1.807, 2.05) is 18.2 Å². The zero-order chi connectivity index (χ0) is 19.7. The van der Waals surface area contributed by atoms with Crippen molar-refractivity contribution in [3.8, 4) is 17.2 Å². The number of nitrogens with zero attached hydrogens (tertiary/aromatic N) is 1. The van der Waals surface area contributed by atoms with Gasteiger partial charge < -0.3 is 19.1 Å². The Morgan fingerprint density at radius 3 is 2.66 bits per heavy atom. The number of rotatable bonds is 6. The maximum Gasteiger partial charge on any atom is 0.231 e. The number of hydrogen-bond acceptors (Lipinski definition) is 4. The Hall–Kier alpha value is -2.20. The SMILES string of the molecule is Cc1ccc(C2(CN3CCCC(COc4ccc5c(c4)OCO5)C3)CCC2)cc1. The van der Waals surface area contributed by atoms with Gasteiger partial charge in [-0.2, -0.15) is 0 Å². The van der Waals surface area contributed by atoms with Crippen LogP contribution < -0.4 is 14.2 Å². The molecule has 0 N–H and O–H groups in total. The molecule has 1 unspecified atom stereocenters. The molecule has 154 valence electrons. The molecule has 0 bridgehead atoms. The quantitative estimate of drug-likeness (QED) is 0.696. The Kier molecular flexibility index (Phi) is 5.13. The van der Waals surface area contributed by atoms with Crippen LogP contribution in [0.15, 0.2) is 42.5 Å². The third kappa shape index (κ3) is 3.95. The number of benzene rings is 2. The maximum absolute atomic E-state index is 6.13. The highest BCUT2D eigenvalue weighted by Gasteiger charge is 2.40. The predicted octanol–water partition coefficient (Wildman–Crippen LogP) is 4.94. The van der Waals surface area contributed by atoms with Crippen molar-refractivity contribution in [1.82, 2.24) is 4.90 Å². The lowest BCUT2D eigenvalue weighted by molar-refractivity contribution is 0.0815. The normalized spacial score (nSPS) is 22.9.